The van der Waals surface area contributed by atoms with E-state index in [1.807, 2.05) is 16.7 Å². The Kier molecular flexibility index (Phi) is 5.29. The predicted octanol–water partition coefficient (Wildman–Crippen LogP) is 4.70. The molecule has 27 heavy (non-hydrogen) atoms. The number of carbonyl (C=O) groups excluding carboxylic acids is 1. The fraction of sp³-hybridized carbons (Fsp3) is 0.316. The predicted molar refractivity (Wildman–Crippen MR) is 104 cm³/mol. The highest BCUT2D eigenvalue weighted by Crippen LogP contribution is 2.33. The maximum Gasteiger partial charge on any atom is 0.268 e. The van der Waals surface area contributed by atoms with Gasteiger partial charge in [0.1, 0.15) is 5.69 Å². The third-order valence-corrected chi connectivity index (χ3v) is 6.21. The number of ether oxygens (including phenoxy) is 1. The smallest absolute Gasteiger partial charge is 0.268 e. The van der Waals surface area contributed by atoms with Crippen LogP contribution in [0.4, 0.5) is 8.78 Å². The van der Waals surface area contributed by atoms with Gasteiger partial charge < -0.3 is 14.6 Å². The van der Waals surface area contributed by atoms with Gasteiger partial charge in [0.2, 0.25) is 0 Å². The SMILES string of the molecule is O=C(NCC1CCCO1)c1cc2sc(Br)cc2n1Cc1ccc(F)c(F)c1. The van der Waals surface area contributed by atoms with Gasteiger partial charge in [-0.15, -0.1) is 11.3 Å². The summed E-state index contributed by atoms with van der Waals surface area (Å²) in [5.74, 6) is -1.98. The van der Waals surface area contributed by atoms with Gasteiger partial charge in [0.25, 0.3) is 5.91 Å². The van der Waals surface area contributed by atoms with E-state index in [0.717, 1.165) is 45.6 Å². The van der Waals surface area contributed by atoms with Gasteiger partial charge in [-0.3, -0.25) is 4.79 Å². The number of aromatic nitrogens is 1. The molecule has 3 heterocycles. The number of nitrogens with zero attached hydrogens (tertiary/aromatic N) is 1. The van der Waals surface area contributed by atoms with E-state index < -0.39 is 11.6 Å². The molecule has 0 saturated carbocycles. The molecule has 0 aliphatic carbocycles. The number of hydrogen-bond acceptors (Lipinski definition) is 3. The highest BCUT2D eigenvalue weighted by atomic mass is 79.9. The molecule has 4 nitrogen and oxygen atoms in total. The van der Waals surface area contributed by atoms with Gasteiger partial charge in [-0.2, -0.15) is 0 Å². The number of carbonyl (C=O) groups is 1. The molecule has 1 aliphatic rings. The number of nitrogens with one attached hydrogen (secondary N) is 1. The standard InChI is InChI=1S/C19H17BrF2N2O2S/c20-18-8-15-17(27-18)7-16(19(25)23-9-12-2-1-5-26-12)24(15)10-11-3-4-13(21)14(22)6-11/h3-4,6-8,12H,1-2,5,9-10H2,(H,23,25). The average Bonchev–Trinajstić information content (AvgIpc) is 3.34. The molecule has 0 spiro atoms. The average molecular weight is 455 g/mol. The Morgan fingerprint density at radius 1 is 1.30 bits per heavy atom. The minimum absolute atomic E-state index is 0.0545. The maximum absolute atomic E-state index is 13.6. The maximum atomic E-state index is 13.6. The van der Waals surface area contributed by atoms with Crippen molar-refractivity contribution in [2.45, 2.75) is 25.5 Å². The van der Waals surface area contributed by atoms with E-state index in [2.05, 4.69) is 21.2 Å². The highest BCUT2D eigenvalue weighted by molar-refractivity contribution is 9.11. The first-order valence-corrected chi connectivity index (χ1v) is 10.2. The Morgan fingerprint density at radius 2 is 2.15 bits per heavy atom. The van der Waals surface area contributed by atoms with Crippen molar-refractivity contribution in [2.24, 2.45) is 0 Å². The molecule has 1 aliphatic heterocycles. The minimum atomic E-state index is -0.896. The zero-order chi connectivity index (χ0) is 19.0. The van der Waals surface area contributed by atoms with Crippen LogP contribution in [0.3, 0.4) is 0 Å². The quantitative estimate of drug-likeness (QED) is 0.606. The summed E-state index contributed by atoms with van der Waals surface area (Å²) in [5.41, 5.74) is 1.95. The molecule has 1 aromatic carbocycles. The minimum Gasteiger partial charge on any atom is -0.376 e. The number of halogens is 3. The van der Waals surface area contributed by atoms with E-state index in [0.29, 0.717) is 17.8 Å². The Labute approximate surface area is 167 Å². The second-order valence-corrected chi connectivity index (χ2v) is 8.97. The Bertz CT molecular complexity index is 995. The van der Waals surface area contributed by atoms with Crippen LogP contribution in [0.5, 0.6) is 0 Å². The molecular formula is C19H17BrF2N2O2S. The fourth-order valence-corrected chi connectivity index (χ4v) is 4.86. The van der Waals surface area contributed by atoms with Gasteiger partial charge in [-0.1, -0.05) is 6.07 Å². The van der Waals surface area contributed by atoms with Crippen LogP contribution in [0.15, 0.2) is 34.1 Å². The molecule has 142 valence electrons. The summed E-state index contributed by atoms with van der Waals surface area (Å²) in [6.07, 6.45) is 2.01. The zero-order valence-electron chi connectivity index (χ0n) is 14.3. The molecule has 1 fully saturated rings. The van der Waals surface area contributed by atoms with Gasteiger partial charge >= 0.3 is 0 Å². The van der Waals surface area contributed by atoms with Gasteiger partial charge in [0.05, 0.1) is 20.1 Å². The molecule has 3 aromatic rings. The second kappa shape index (κ2) is 7.69. The van der Waals surface area contributed by atoms with Crippen molar-refractivity contribution in [1.29, 1.82) is 0 Å². The first kappa shape index (κ1) is 18.6. The van der Waals surface area contributed by atoms with Crippen LogP contribution in [-0.2, 0) is 11.3 Å². The van der Waals surface area contributed by atoms with Crippen molar-refractivity contribution in [3.05, 3.63) is 57.0 Å². The van der Waals surface area contributed by atoms with Gasteiger partial charge in [0, 0.05) is 19.7 Å². The lowest BCUT2D eigenvalue weighted by Gasteiger charge is -2.13. The molecule has 4 rings (SSSR count). The summed E-state index contributed by atoms with van der Waals surface area (Å²) in [7, 11) is 0. The Balaban J connectivity index is 1.63. The number of benzene rings is 1. The molecule has 0 radical (unpaired) electrons. The highest BCUT2D eigenvalue weighted by Gasteiger charge is 2.21. The van der Waals surface area contributed by atoms with E-state index in [1.165, 1.54) is 17.4 Å². The summed E-state index contributed by atoms with van der Waals surface area (Å²) in [5, 5.41) is 2.93. The van der Waals surface area contributed by atoms with E-state index in [4.69, 9.17) is 4.74 Å². The Hall–Kier alpha value is -1.77. The van der Waals surface area contributed by atoms with Crippen molar-refractivity contribution < 1.29 is 18.3 Å². The topological polar surface area (TPSA) is 43.3 Å². The number of rotatable bonds is 5. The van der Waals surface area contributed by atoms with Crippen LogP contribution < -0.4 is 5.32 Å². The summed E-state index contributed by atoms with van der Waals surface area (Å²) in [4.78, 5) is 12.8. The molecular weight excluding hydrogens is 438 g/mol. The largest absolute Gasteiger partial charge is 0.376 e. The van der Waals surface area contributed by atoms with Crippen molar-refractivity contribution in [2.75, 3.05) is 13.2 Å². The van der Waals surface area contributed by atoms with Gasteiger partial charge in [-0.05, 0) is 58.6 Å². The molecule has 1 unspecified atom stereocenters. The third-order valence-electron chi connectivity index (χ3n) is 4.63. The number of hydrogen-bond donors (Lipinski definition) is 1. The Morgan fingerprint density at radius 3 is 2.89 bits per heavy atom. The zero-order valence-corrected chi connectivity index (χ0v) is 16.7. The molecule has 1 N–H and O–H groups in total. The number of thiophene rings is 1. The summed E-state index contributed by atoms with van der Waals surface area (Å²) in [6, 6.07) is 7.55. The molecule has 1 atom stereocenters. The van der Waals surface area contributed by atoms with Crippen molar-refractivity contribution >= 4 is 43.4 Å². The third kappa shape index (κ3) is 3.93. The fourth-order valence-electron chi connectivity index (χ4n) is 3.29. The van der Waals surface area contributed by atoms with Crippen molar-refractivity contribution in [1.82, 2.24) is 9.88 Å². The second-order valence-electron chi connectivity index (χ2n) is 6.51. The van der Waals surface area contributed by atoms with Crippen LogP contribution in [0.25, 0.3) is 10.2 Å². The summed E-state index contributed by atoms with van der Waals surface area (Å²) < 4.78 is 36.1. The van der Waals surface area contributed by atoms with Crippen LogP contribution >= 0.6 is 27.3 Å². The van der Waals surface area contributed by atoms with Crippen molar-refractivity contribution in [3.63, 3.8) is 0 Å². The van der Waals surface area contributed by atoms with Crippen LogP contribution in [0.2, 0.25) is 0 Å². The normalized spacial score (nSPS) is 16.9. The lowest BCUT2D eigenvalue weighted by molar-refractivity contribution is 0.0851. The lowest BCUT2D eigenvalue weighted by Crippen LogP contribution is -2.33. The van der Waals surface area contributed by atoms with Crippen molar-refractivity contribution in [3.8, 4) is 0 Å². The van der Waals surface area contributed by atoms with Gasteiger partial charge in [0.15, 0.2) is 11.6 Å². The molecule has 0 bridgehead atoms. The van der Waals surface area contributed by atoms with Crippen LogP contribution in [-0.4, -0.2) is 29.7 Å². The number of fused-ring (bicyclic) bond motifs is 1. The van der Waals surface area contributed by atoms with Crippen LogP contribution in [0.1, 0.15) is 28.9 Å². The van der Waals surface area contributed by atoms with E-state index in [1.54, 1.807) is 0 Å². The summed E-state index contributed by atoms with van der Waals surface area (Å²) >= 11 is 4.98. The van der Waals surface area contributed by atoms with E-state index >= 15 is 0 Å². The molecule has 1 amide bonds. The first-order valence-electron chi connectivity index (χ1n) is 8.63. The van der Waals surface area contributed by atoms with E-state index in [9.17, 15) is 13.6 Å². The molecule has 1 saturated heterocycles. The lowest BCUT2D eigenvalue weighted by atomic mass is 10.2. The first-order chi connectivity index (χ1) is 13.0. The van der Waals surface area contributed by atoms with Gasteiger partial charge in [-0.25, -0.2) is 8.78 Å². The summed E-state index contributed by atoms with van der Waals surface area (Å²) in [6.45, 7) is 1.47. The number of amides is 1. The monoisotopic (exact) mass is 454 g/mol. The van der Waals surface area contributed by atoms with Crippen LogP contribution in [0, 0.1) is 11.6 Å². The molecule has 8 heteroatoms. The van der Waals surface area contributed by atoms with E-state index in [-0.39, 0.29) is 18.6 Å². The molecule has 2 aromatic heterocycles.